The van der Waals surface area contributed by atoms with Gasteiger partial charge in [-0.05, 0) is 50.0 Å². The second kappa shape index (κ2) is 5.50. The quantitative estimate of drug-likeness (QED) is 0.831. The maximum Gasteiger partial charge on any atom is 0.0332 e. The Balaban J connectivity index is 1.96. The number of nitrogens with zero attached hydrogens (tertiary/aromatic N) is 1. The molecule has 2 aliphatic rings. The van der Waals surface area contributed by atoms with Gasteiger partial charge in [-0.25, -0.2) is 0 Å². The fraction of sp³-hybridized carbons (Fsp3) is 1.00. The van der Waals surface area contributed by atoms with Crippen LogP contribution in [0.3, 0.4) is 0 Å². The summed E-state index contributed by atoms with van der Waals surface area (Å²) in [5.74, 6) is 0.977. The van der Waals surface area contributed by atoms with E-state index in [1.54, 1.807) is 0 Å². The molecule has 0 amide bonds. The summed E-state index contributed by atoms with van der Waals surface area (Å²) in [5.41, 5.74) is 7.03. The predicted octanol–water partition coefficient (Wildman–Crippen LogP) is 3.41. The van der Waals surface area contributed by atoms with Crippen LogP contribution in [0.1, 0.15) is 65.7 Å². The molecule has 0 unspecified atom stereocenters. The van der Waals surface area contributed by atoms with Crippen LogP contribution in [0, 0.1) is 11.3 Å². The second-order valence-electron chi connectivity index (χ2n) is 7.50. The molecule has 2 rings (SSSR count). The second-order valence-corrected chi connectivity index (χ2v) is 7.50. The summed E-state index contributed by atoms with van der Waals surface area (Å²) in [7, 11) is 0. The van der Waals surface area contributed by atoms with E-state index >= 15 is 0 Å². The molecule has 1 aliphatic heterocycles. The molecule has 0 aromatic carbocycles. The minimum absolute atomic E-state index is 0.345. The van der Waals surface area contributed by atoms with Crippen molar-refractivity contribution in [1.29, 1.82) is 0 Å². The zero-order chi connectivity index (χ0) is 13.2. The van der Waals surface area contributed by atoms with E-state index in [1.165, 1.54) is 58.0 Å². The van der Waals surface area contributed by atoms with Gasteiger partial charge in [0.05, 0.1) is 0 Å². The van der Waals surface area contributed by atoms with Gasteiger partial charge in [0.25, 0.3) is 0 Å². The number of hydrogen-bond acceptors (Lipinski definition) is 2. The van der Waals surface area contributed by atoms with Gasteiger partial charge in [0.15, 0.2) is 0 Å². The number of likely N-dealkylation sites (tertiary alicyclic amines) is 1. The van der Waals surface area contributed by atoms with Crippen LogP contribution in [0.2, 0.25) is 0 Å². The number of hydrogen-bond donors (Lipinski definition) is 1. The molecule has 2 heteroatoms. The summed E-state index contributed by atoms with van der Waals surface area (Å²) in [5, 5.41) is 0. The average Bonchev–Trinajstić information content (AvgIpc) is 2.72. The van der Waals surface area contributed by atoms with Gasteiger partial charge in [-0.2, -0.15) is 0 Å². The normalized spacial score (nSPS) is 37.0. The zero-order valence-corrected chi connectivity index (χ0v) is 12.7. The van der Waals surface area contributed by atoms with E-state index in [1.807, 2.05) is 0 Å². The standard InChI is InChI=1S/C16H32N2/c1-4-5-14-6-8-16(12-17,9-7-14)18-11-10-15(2,3)13-18/h14H,4-13,17H2,1-3H3. The molecule has 1 saturated heterocycles. The fourth-order valence-electron chi connectivity index (χ4n) is 4.08. The van der Waals surface area contributed by atoms with Crippen LogP contribution >= 0.6 is 0 Å². The van der Waals surface area contributed by atoms with Gasteiger partial charge >= 0.3 is 0 Å². The van der Waals surface area contributed by atoms with Crippen LogP contribution in [0.15, 0.2) is 0 Å². The maximum atomic E-state index is 6.18. The Morgan fingerprint density at radius 1 is 1.17 bits per heavy atom. The van der Waals surface area contributed by atoms with Gasteiger partial charge in [-0.1, -0.05) is 33.6 Å². The summed E-state index contributed by atoms with van der Waals surface area (Å²) in [6.45, 7) is 10.5. The lowest BCUT2D eigenvalue weighted by Crippen LogP contribution is -2.55. The molecule has 0 radical (unpaired) electrons. The fourth-order valence-corrected chi connectivity index (χ4v) is 4.08. The van der Waals surface area contributed by atoms with E-state index in [0.717, 1.165) is 12.5 Å². The molecule has 106 valence electrons. The third-order valence-corrected chi connectivity index (χ3v) is 5.46. The summed E-state index contributed by atoms with van der Waals surface area (Å²) in [4.78, 5) is 2.73. The van der Waals surface area contributed by atoms with E-state index in [0.29, 0.717) is 11.0 Å². The Labute approximate surface area is 113 Å². The van der Waals surface area contributed by atoms with Crippen LogP contribution in [0.25, 0.3) is 0 Å². The van der Waals surface area contributed by atoms with Crippen molar-refractivity contribution < 1.29 is 0 Å². The van der Waals surface area contributed by atoms with Crippen molar-refractivity contribution in [2.75, 3.05) is 19.6 Å². The Morgan fingerprint density at radius 3 is 2.28 bits per heavy atom. The van der Waals surface area contributed by atoms with Crippen LogP contribution in [-0.2, 0) is 0 Å². The highest BCUT2D eigenvalue weighted by atomic mass is 15.2. The monoisotopic (exact) mass is 252 g/mol. The average molecular weight is 252 g/mol. The van der Waals surface area contributed by atoms with Crippen molar-refractivity contribution in [2.45, 2.75) is 71.3 Å². The molecule has 0 atom stereocenters. The smallest absolute Gasteiger partial charge is 0.0332 e. The van der Waals surface area contributed by atoms with Crippen LogP contribution in [-0.4, -0.2) is 30.1 Å². The van der Waals surface area contributed by atoms with E-state index in [-0.39, 0.29) is 0 Å². The van der Waals surface area contributed by atoms with Crippen molar-refractivity contribution >= 4 is 0 Å². The molecule has 2 N–H and O–H groups in total. The predicted molar refractivity (Wildman–Crippen MR) is 78.6 cm³/mol. The van der Waals surface area contributed by atoms with Gasteiger partial charge < -0.3 is 5.73 Å². The van der Waals surface area contributed by atoms with Crippen LogP contribution in [0.4, 0.5) is 0 Å². The van der Waals surface area contributed by atoms with E-state index in [4.69, 9.17) is 5.73 Å². The molecule has 0 spiro atoms. The third kappa shape index (κ3) is 2.91. The lowest BCUT2D eigenvalue weighted by molar-refractivity contribution is 0.0533. The van der Waals surface area contributed by atoms with Crippen molar-refractivity contribution in [3.63, 3.8) is 0 Å². The summed E-state index contributed by atoms with van der Waals surface area (Å²) < 4.78 is 0. The maximum absolute atomic E-state index is 6.18. The molecule has 0 aromatic rings. The van der Waals surface area contributed by atoms with Crippen LogP contribution < -0.4 is 5.73 Å². The largest absolute Gasteiger partial charge is 0.329 e. The first-order chi connectivity index (χ1) is 8.51. The highest BCUT2D eigenvalue weighted by Gasteiger charge is 2.43. The molecule has 0 bridgehead atoms. The van der Waals surface area contributed by atoms with Gasteiger partial charge in [0, 0.05) is 18.6 Å². The Morgan fingerprint density at radius 2 is 1.83 bits per heavy atom. The lowest BCUT2D eigenvalue weighted by atomic mass is 9.74. The first-order valence-electron chi connectivity index (χ1n) is 7.96. The first kappa shape index (κ1) is 14.3. The molecule has 0 aromatic heterocycles. The SMILES string of the molecule is CCCC1CCC(CN)(N2CCC(C)(C)C2)CC1. The molecule has 2 fully saturated rings. The topological polar surface area (TPSA) is 29.3 Å². The highest BCUT2D eigenvalue weighted by Crippen LogP contribution is 2.42. The minimum Gasteiger partial charge on any atom is -0.329 e. The lowest BCUT2D eigenvalue weighted by Gasteiger charge is -2.46. The Hall–Kier alpha value is -0.0800. The number of nitrogens with two attached hydrogens (primary N) is 1. The Kier molecular flexibility index (Phi) is 4.38. The third-order valence-electron chi connectivity index (χ3n) is 5.46. The Bertz CT molecular complexity index is 264. The van der Waals surface area contributed by atoms with Gasteiger partial charge in [0.2, 0.25) is 0 Å². The zero-order valence-electron chi connectivity index (χ0n) is 12.7. The van der Waals surface area contributed by atoms with Gasteiger partial charge in [0.1, 0.15) is 0 Å². The van der Waals surface area contributed by atoms with E-state index in [2.05, 4.69) is 25.7 Å². The summed E-state index contributed by atoms with van der Waals surface area (Å²) >= 11 is 0. The number of rotatable bonds is 4. The molecular weight excluding hydrogens is 220 g/mol. The molecule has 1 heterocycles. The van der Waals surface area contributed by atoms with Crippen LogP contribution in [0.5, 0.6) is 0 Å². The molecule has 2 nitrogen and oxygen atoms in total. The van der Waals surface area contributed by atoms with Gasteiger partial charge in [-0.3, -0.25) is 4.90 Å². The van der Waals surface area contributed by atoms with Crippen molar-refractivity contribution in [2.24, 2.45) is 17.1 Å². The van der Waals surface area contributed by atoms with E-state index in [9.17, 15) is 0 Å². The van der Waals surface area contributed by atoms with E-state index < -0.39 is 0 Å². The first-order valence-corrected chi connectivity index (χ1v) is 7.96. The highest BCUT2D eigenvalue weighted by molar-refractivity contribution is 5.00. The summed E-state index contributed by atoms with van der Waals surface area (Å²) in [6, 6.07) is 0. The molecule has 1 aliphatic carbocycles. The van der Waals surface area contributed by atoms with Gasteiger partial charge in [-0.15, -0.1) is 0 Å². The molecule has 18 heavy (non-hydrogen) atoms. The molecule has 1 saturated carbocycles. The van der Waals surface area contributed by atoms with Crippen molar-refractivity contribution in [3.8, 4) is 0 Å². The summed E-state index contributed by atoms with van der Waals surface area (Å²) in [6.07, 6.45) is 9.59. The van der Waals surface area contributed by atoms with Crippen molar-refractivity contribution in [1.82, 2.24) is 4.90 Å². The minimum atomic E-state index is 0.345. The molecular formula is C16H32N2. The van der Waals surface area contributed by atoms with Crippen molar-refractivity contribution in [3.05, 3.63) is 0 Å².